The monoisotopic (exact) mass is 276 g/mol. The van der Waals surface area contributed by atoms with Crippen molar-refractivity contribution in [2.75, 3.05) is 0 Å². The topological polar surface area (TPSA) is 61.4 Å². The van der Waals surface area contributed by atoms with Gasteiger partial charge >= 0.3 is 0 Å². The summed E-state index contributed by atoms with van der Waals surface area (Å²) >= 11 is 6.06. The van der Waals surface area contributed by atoms with E-state index < -0.39 is 0 Å². The highest BCUT2D eigenvalue weighted by atomic mass is 35.5. The van der Waals surface area contributed by atoms with Gasteiger partial charge in [0.2, 0.25) is 0 Å². The molecule has 0 aromatic carbocycles. The van der Waals surface area contributed by atoms with E-state index in [1.807, 2.05) is 13.2 Å². The van der Waals surface area contributed by atoms with Crippen molar-refractivity contribution in [1.29, 1.82) is 0 Å². The Bertz CT molecular complexity index is 742. The first-order chi connectivity index (χ1) is 9.06. The van der Waals surface area contributed by atoms with Gasteiger partial charge in [0.15, 0.2) is 5.65 Å². The van der Waals surface area contributed by atoms with E-state index >= 15 is 0 Å². The van der Waals surface area contributed by atoms with Crippen molar-refractivity contribution in [1.82, 2.24) is 29.8 Å². The van der Waals surface area contributed by atoms with Gasteiger partial charge in [-0.1, -0.05) is 30.7 Å². The molecule has 0 spiro atoms. The Morgan fingerprint density at radius 3 is 2.79 bits per heavy atom. The maximum absolute atomic E-state index is 6.06. The third-order valence-electron chi connectivity index (χ3n) is 3.00. The Kier molecular flexibility index (Phi) is 2.74. The Morgan fingerprint density at radius 2 is 2.11 bits per heavy atom. The number of nitrogens with zero attached hydrogens (tertiary/aromatic N) is 6. The summed E-state index contributed by atoms with van der Waals surface area (Å²) in [6, 6.07) is 1.77. The minimum Gasteiger partial charge on any atom is -0.250 e. The Hall–Kier alpha value is -1.95. The lowest BCUT2D eigenvalue weighted by molar-refractivity contribution is 0.777. The van der Waals surface area contributed by atoms with E-state index in [0.717, 1.165) is 22.4 Å². The lowest BCUT2D eigenvalue weighted by Gasteiger charge is -2.03. The normalized spacial score (nSPS) is 11.6. The number of halogens is 1. The van der Waals surface area contributed by atoms with Crippen molar-refractivity contribution in [2.45, 2.75) is 19.8 Å². The van der Waals surface area contributed by atoms with E-state index in [9.17, 15) is 0 Å². The molecule has 0 amide bonds. The lowest BCUT2D eigenvalue weighted by Crippen LogP contribution is -1.98. The first kappa shape index (κ1) is 12.1. The molecule has 0 saturated carbocycles. The summed E-state index contributed by atoms with van der Waals surface area (Å²) in [7, 11) is 1.83. The van der Waals surface area contributed by atoms with E-state index in [2.05, 4.69) is 34.2 Å². The molecular weight excluding hydrogens is 264 g/mol. The number of fused-ring (bicyclic) bond motifs is 1. The molecule has 0 aliphatic rings. The van der Waals surface area contributed by atoms with E-state index in [1.165, 1.54) is 0 Å². The largest absolute Gasteiger partial charge is 0.250 e. The standard InChI is InChI=1S/C12H13ClN6/c1-7(2)9-6-19(17-16-9)10-4-11(13)15-12-8(10)5-14-18(12)3/h4-7H,1-3H3. The molecule has 3 aromatic heterocycles. The highest BCUT2D eigenvalue weighted by Crippen LogP contribution is 2.24. The van der Waals surface area contributed by atoms with Gasteiger partial charge in [-0.25, -0.2) is 9.67 Å². The SMILES string of the molecule is CC(C)c1cn(-c2cc(Cl)nc3c2cnn3C)nn1. The summed E-state index contributed by atoms with van der Waals surface area (Å²) < 4.78 is 3.40. The van der Waals surface area contributed by atoms with Crippen LogP contribution in [0.1, 0.15) is 25.5 Å². The van der Waals surface area contributed by atoms with Gasteiger partial charge in [0.25, 0.3) is 0 Å². The molecule has 0 aliphatic carbocycles. The van der Waals surface area contributed by atoms with Crippen LogP contribution in [0.5, 0.6) is 0 Å². The van der Waals surface area contributed by atoms with E-state index in [0.29, 0.717) is 11.1 Å². The van der Waals surface area contributed by atoms with Gasteiger partial charge in [-0.2, -0.15) is 5.10 Å². The predicted molar refractivity (Wildman–Crippen MR) is 72.5 cm³/mol. The molecule has 6 nitrogen and oxygen atoms in total. The van der Waals surface area contributed by atoms with Gasteiger partial charge in [-0.3, -0.25) is 4.68 Å². The van der Waals surface area contributed by atoms with Gasteiger partial charge in [0.05, 0.1) is 29.2 Å². The summed E-state index contributed by atoms with van der Waals surface area (Å²) in [5.41, 5.74) is 2.50. The highest BCUT2D eigenvalue weighted by molar-refractivity contribution is 6.30. The number of pyridine rings is 1. The minimum absolute atomic E-state index is 0.329. The fourth-order valence-electron chi connectivity index (χ4n) is 1.92. The average molecular weight is 277 g/mol. The summed E-state index contributed by atoms with van der Waals surface area (Å²) in [6.07, 6.45) is 3.66. The first-order valence-electron chi connectivity index (χ1n) is 5.97. The van der Waals surface area contributed by atoms with Crippen molar-refractivity contribution in [3.05, 3.63) is 29.3 Å². The number of hydrogen-bond acceptors (Lipinski definition) is 4. The van der Waals surface area contributed by atoms with Crippen LogP contribution in [0.25, 0.3) is 16.7 Å². The molecule has 0 aliphatic heterocycles. The molecule has 0 bridgehead atoms. The average Bonchev–Trinajstić information content (AvgIpc) is 2.97. The second-order valence-corrected chi connectivity index (χ2v) is 5.10. The van der Waals surface area contributed by atoms with Crippen LogP contribution in [0.15, 0.2) is 18.5 Å². The third kappa shape index (κ3) is 1.98. The maximum atomic E-state index is 6.06. The molecule has 0 N–H and O–H groups in total. The van der Waals surface area contributed by atoms with Gasteiger partial charge in [-0.05, 0) is 5.92 Å². The maximum Gasteiger partial charge on any atom is 0.161 e. The summed E-state index contributed by atoms with van der Waals surface area (Å²) in [5.74, 6) is 0.329. The van der Waals surface area contributed by atoms with Gasteiger partial charge in [-0.15, -0.1) is 5.10 Å². The molecule has 7 heteroatoms. The predicted octanol–water partition coefficient (Wildman–Crippen LogP) is 2.33. The molecule has 98 valence electrons. The van der Waals surface area contributed by atoms with E-state index in [-0.39, 0.29) is 0 Å². The fourth-order valence-corrected chi connectivity index (χ4v) is 2.10. The van der Waals surface area contributed by atoms with Crippen molar-refractivity contribution in [2.24, 2.45) is 7.05 Å². The Morgan fingerprint density at radius 1 is 1.32 bits per heavy atom. The minimum atomic E-state index is 0.329. The molecule has 3 aromatic rings. The smallest absolute Gasteiger partial charge is 0.161 e. The Labute approximate surface area is 115 Å². The molecule has 0 saturated heterocycles. The van der Waals surface area contributed by atoms with Crippen LogP contribution in [0, 0.1) is 0 Å². The second-order valence-electron chi connectivity index (χ2n) is 4.71. The van der Waals surface area contributed by atoms with Crippen LogP contribution in [0.2, 0.25) is 5.15 Å². The molecule has 3 heterocycles. The van der Waals surface area contributed by atoms with Crippen molar-refractivity contribution >= 4 is 22.6 Å². The van der Waals surface area contributed by atoms with Crippen LogP contribution in [0.4, 0.5) is 0 Å². The van der Waals surface area contributed by atoms with Crippen LogP contribution in [-0.4, -0.2) is 29.8 Å². The number of aromatic nitrogens is 6. The zero-order valence-corrected chi connectivity index (χ0v) is 11.6. The van der Waals surface area contributed by atoms with Crippen LogP contribution in [-0.2, 0) is 7.05 Å². The van der Waals surface area contributed by atoms with Crippen LogP contribution >= 0.6 is 11.6 Å². The molecule has 0 unspecified atom stereocenters. The van der Waals surface area contributed by atoms with Crippen molar-refractivity contribution < 1.29 is 0 Å². The fraction of sp³-hybridized carbons (Fsp3) is 0.333. The zero-order chi connectivity index (χ0) is 13.6. The summed E-state index contributed by atoms with van der Waals surface area (Å²) in [5, 5.41) is 13.8. The zero-order valence-electron chi connectivity index (χ0n) is 10.9. The molecular formula is C12H13ClN6. The number of rotatable bonds is 2. The molecule has 19 heavy (non-hydrogen) atoms. The van der Waals surface area contributed by atoms with Crippen LogP contribution in [0.3, 0.4) is 0 Å². The van der Waals surface area contributed by atoms with E-state index in [4.69, 9.17) is 11.6 Å². The van der Waals surface area contributed by atoms with Gasteiger partial charge < -0.3 is 0 Å². The second kappa shape index (κ2) is 4.31. The molecule has 3 rings (SSSR count). The summed E-state index contributed by atoms with van der Waals surface area (Å²) in [6.45, 7) is 4.15. The molecule has 0 atom stereocenters. The molecule has 0 radical (unpaired) electrons. The third-order valence-corrected chi connectivity index (χ3v) is 3.20. The first-order valence-corrected chi connectivity index (χ1v) is 6.35. The lowest BCUT2D eigenvalue weighted by atomic mass is 10.2. The molecule has 0 fully saturated rings. The van der Waals surface area contributed by atoms with Crippen LogP contribution < -0.4 is 0 Å². The number of hydrogen-bond donors (Lipinski definition) is 0. The quantitative estimate of drug-likeness (QED) is 0.674. The Balaban J connectivity index is 2.23. The number of aryl methyl sites for hydroxylation is 1. The van der Waals surface area contributed by atoms with E-state index in [1.54, 1.807) is 21.6 Å². The van der Waals surface area contributed by atoms with Crippen molar-refractivity contribution in [3.8, 4) is 5.69 Å². The van der Waals surface area contributed by atoms with Gasteiger partial charge in [0.1, 0.15) is 5.15 Å². The highest BCUT2D eigenvalue weighted by Gasteiger charge is 2.13. The van der Waals surface area contributed by atoms with Gasteiger partial charge in [0, 0.05) is 13.1 Å². The summed E-state index contributed by atoms with van der Waals surface area (Å²) in [4.78, 5) is 4.27. The van der Waals surface area contributed by atoms with Crippen molar-refractivity contribution in [3.63, 3.8) is 0 Å².